The van der Waals surface area contributed by atoms with E-state index in [9.17, 15) is 4.79 Å². The number of rotatable bonds is 13. The molecule has 0 spiro atoms. The third kappa shape index (κ3) is 8.61. The fourth-order valence-electron chi connectivity index (χ4n) is 5.77. The molecule has 3 aromatic rings. The quantitative estimate of drug-likeness (QED) is 0.237. The largest absolute Gasteiger partial charge is 0.493 e. The number of hydrogen-bond donors (Lipinski definition) is 0. The van der Waals surface area contributed by atoms with Crippen molar-refractivity contribution < 1.29 is 19.0 Å². The van der Waals surface area contributed by atoms with Crippen LogP contribution in [0, 0.1) is 5.92 Å². The van der Waals surface area contributed by atoms with Gasteiger partial charge < -0.3 is 24.0 Å². The second-order valence-corrected chi connectivity index (χ2v) is 10.9. The van der Waals surface area contributed by atoms with Gasteiger partial charge in [-0.3, -0.25) is 4.79 Å². The van der Waals surface area contributed by atoms with E-state index in [4.69, 9.17) is 14.2 Å². The molecule has 6 nitrogen and oxygen atoms in total. The van der Waals surface area contributed by atoms with Crippen molar-refractivity contribution in [3.8, 4) is 17.2 Å². The zero-order chi connectivity index (χ0) is 29.0. The summed E-state index contributed by atoms with van der Waals surface area (Å²) in [7, 11) is 4.70. The maximum atomic E-state index is 13.9. The topological polar surface area (TPSA) is 51.2 Å². The summed E-state index contributed by atoms with van der Waals surface area (Å²) < 4.78 is 16.5. The molecule has 0 saturated carbocycles. The lowest BCUT2D eigenvalue weighted by atomic mass is 9.91. The molecule has 1 heterocycles. The fourth-order valence-corrected chi connectivity index (χ4v) is 5.77. The minimum absolute atomic E-state index is 0.0503. The number of carbonyl (C=O) groups is 1. The molecule has 1 amide bonds. The van der Waals surface area contributed by atoms with Crippen LogP contribution in [0.3, 0.4) is 0 Å². The van der Waals surface area contributed by atoms with Crippen molar-refractivity contribution in [3.05, 3.63) is 95.1 Å². The molecule has 1 fully saturated rings. The lowest BCUT2D eigenvalue weighted by Gasteiger charge is -2.33. The predicted octanol–water partition coefficient (Wildman–Crippen LogP) is 6.60. The minimum atomic E-state index is -0.0503. The van der Waals surface area contributed by atoms with E-state index in [1.54, 1.807) is 33.5 Å². The maximum Gasteiger partial charge on any atom is 0.254 e. The van der Waals surface area contributed by atoms with Crippen molar-refractivity contribution in [2.24, 2.45) is 5.92 Å². The molecule has 3 aromatic carbocycles. The zero-order valence-electron chi connectivity index (χ0n) is 25.0. The molecule has 0 aromatic heterocycles. The van der Waals surface area contributed by atoms with Gasteiger partial charge in [0.05, 0.1) is 21.3 Å². The number of amides is 1. The van der Waals surface area contributed by atoms with Crippen molar-refractivity contribution >= 4 is 12.0 Å². The van der Waals surface area contributed by atoms with Gasteiger partial charge in [0.25, 0.3) is 5.91 Å². The van der Waals surface area contributed by atoms with Gasteiger partial charge in [0.15, 0.2) is 11.5 Å². The number of piperidine rings is 1. The highest BCUT2D eigenvalue weighted by atomic mass is 16.5. The Morgan fingerprint density at radius 1 is 0.951 bits per heavy atom. The summed E-state index contributed by atoms with van der Waals surface area (Å²) in [4.78, 5) is 18.5. The Labute approximate surface area is 245 Å². The normalized spacial score (nSPS) is 15.8. The molecule has 4 rings (SSSR count). The van der Waals surface area contributed by atoms with Crippen molar-refractivity contribution in [2.45, 2.75) is 32.6 Å². The minimum Gasteiger partial charge on any atom is -0.493 e. The summed E-state index contributed by atoms with van der Waals surface area (Å²) in [5.41, 5.74) is 4.19. The second-order valence-electron chi connectivity index (χ2n) is 10.9. The van der Waals surface area contributed by atoms with Crippen LogP contribution in [0.1, 0.15) is 47.7 Å². The Bertz CT molecular complexity index is 1250. The highest BCUT2D eigenvalue weighted by Crippen LogP contribution is 2.38. The van der Waals surface area contributed by atoms with Crippen molar-refractivity contribution in [3.63, 3.8) is 0 Å². The van der Waals surface area contributed by atoms with E-state index in [-0.39, 0.29) is 5.91 Å². The molecule has 1 aliphatic rings. The molecule has 1 saturated heterocycles. The van der Waals surface area contributed by atoms with Crippen molar-refractivity contribution in [1.82, 2.24) is 9.80 Å². The Kier molecular flexibility index (Phi) is 11.3. The Morgan fingerprint density at radius 2 is 1.61 bits per heavy atom. The van der Waals surface area contributed by atoms with Gasteiger partial charge in [0, 0.05) is 25.2 Å². The van der Waals surface area contributed by atoms with E-state index in [1.807, 2.05) is 23.1 Å². The summed E-state index contributed by atoms with van der Waals surface area (Å²) in [5, 5.41) is 0. The average molecular weight is 557 g/mol. The first-order chi connectivity index (χ1) is 20.0. The number of hydrogen-bond acceptors (Lipinski definition) is 5. The van der Waals surface area contributed by atoms with Crippen LogP contribution in [0.5, 0.6) is 17.2 Å². The van der Waals surface area contributed by atoms with Gasteiger partial charge in [-0.1, -0.05) is 72.3 Å². The monoisotopic (exact) mass is 556 g/mol. The van der Waals surface area contributed by atoms with Gasteiger partial charge >= 0.3 is 0 Å². The van der Waals surface area contributed by atoms with Crippen molar-refractivity contribution in [2.75, 3.05) is 54.1 Å². The summed E-state index contributed by atoms with van der Waals surface area (Å²) >= 11 is 0. The SMILES string of the molecule is COc1cc(C(=O)N(CCCN2CCC[C@@H](Cc3ccccc3)C2)C/C(C)=C\c2ccccc2)cc(OC)c1OC. The van der Waals surface area contributed by atoms with Gasteiger partial charge in [-0.15, -0.1) is 0 Å². The van der Waals surface area contributed by atoms with Crippen molar-refractivity contribution in [1.29, 1.82) is 0 Å². The van der Waals surface area contributed by atoms with E-state index < -0.39 is 0 Å². The van der Waals surface area contributed by atoms with E-state index in [1.165, 1.54) is 18.4 Å². The number of nitrogens with zero attached hydrogens (tertiary/aromatic N) is 2. The smallest absolute Gasteiger partial charge is 0.254 e. The molecule has 0 unspecified atom stereocenters. The number of ether oxygens (including phenoxy) is 3. The third-order valence-electron chi connectivity index (χ3n) is 7.72. The molecule has 41 heavy (non-hydrogen) atoms. The third-order valence-corrected chi connectivity index (χ3v) is 7.72. The molecular formula is C35H44N2O4. The lowest BCUT2D eigenvalue weighted by molar-refractivity contribution is 0.0757. The average Bonchev–Trinajstić information content (AvgIpc) is 3.00. The van der Waals surface area contributed by atoms with Crippen LogP contribution in [0.15, 0.2) is 78.4 Å². The first-order valence-electron chi connectivity index (χ1n) is 14.6. The highest BCUT2D eigenvalue weighted by Gasteiger charge is 2.23. The van der Waals surface area contributed by atoms with Crippen LogP contribution in [0.2, 0.25) is 0 Å². The molecule has 1 aliphatic heterocycles. The predicted molar refractivity (Wildman–Crippen MR) is 166 cm³/mol. The van der Waals surface area contributed by atoms with E-state index in [2.05, 4.69) is 60.4 Å². The van der Waals surface area contributed by atoms with E-state index in [0.29, 0.717) is 41.8 Å². The standard InChI is InChI=1S/C35H44N2O4/c1-27(21-28-13-7-5-8-14-28)25-37(35(38)31-23-32(39-2)34(41-4)33(24-31)40-3)20-12-19-36-18-11-17-30(26-36)22-29-15-9-6-10-16-29/h5-10,13-16,21,23-24,30H,11-12,17-20,22,25-26H2,1-4H3/b27-21-/t30-/m0/s1. The van der Waals surface area contributed by atoms with Crippen LogP contribution in [-0.4, -0.2) is 69.8 Å². The number of methoxy groups -OCH3 is 3. The highest BCUT2D eigenvalue weighted by molar-refractivity contribution is 5.96. The van der Waals surface area contributed by atoms with Gasteiger partial charge in [-0.25, -0.2) is 0 Å². The van der Waals surface area contributed by atoms with Gasteiger partial charge in [-0.2, -0.15) is 0 Å². The molecule has 0 bridgehead atoms. The van der Waals surface area contributed by atoms with Crippen LogP contribution >= 0.6 is 0 Å². The summed E-state index contributed by atoms with van der Waals surface area (Å²) in [6.07, 6.45) is 6.69. The summed E-state index contributed by atoms with van der Waals surface area (Å²) in [6.45, 7) is 6.51. The van der Waals surface area contributed by atoms with Crippen LogP contribution in [0.25, 0.3) is 6.08 Å². The van der Waals surface area contributed by atoms with E-state index >= 15 is 0 Å². The Balaban J connectivity index is 1.46. The van der Waals surface area contributed by atoms with Gasteiger partial charge in [0.1, 0.15) is 0 Å². The Morgan fingerprint density at radius 3 is 2.24 bits per heavy atom. The number of likely N-dealkylation sites (tertiary alicyclic amines) is 1. The maximum absolute atomic E-state index is 13.9. The second kappa shape index (κ2) is 15.3. The van der Waals surface area contributed by atoms with Gasteiger partial charge in [0.2, 0.25) is 5.75 Å². The Hall–Kier alpha value is -3.77. The molecular weight excluding hydrogens is 512 g/mol. The molecule has 6 heteroatoms. The summed E-state index contributed by atoms with van der Waals surface area (Å²) in [5.74, 6) is 2.06. The first kappa shape index (κ1) is 30.2. The lowest BCUT2D eigenvalue weighted by Crippen LogP contribution is -2.39. The molecule has 0 radical (unpaired) electrons. The van der Waals surface area contributed by atoms with Crippen LogP contribution in [0.4, 0.5) is 0 Å². The fraction of sp³-hybridized carbons (Fsp3) is 0.400. The molecule has 218 valence electrons. The van der Waals surface area contributed by atoms with E-state index in [0.717, 1.165) is 43.6 Å². The number of carbonyl (C=O) groups excluding carboxylic acids is 1. The molecule has 1 atom stereocenters. The number of benzene rings is 3. The molecule has 0 N–H and O–H groups in total. The first-order valence-corrected chi connectivity index (χ1v) is 14.6. The zero-order valence-corrected chi connectivity index (χ0v) is 25.0. The van der Waals surface area contributed by atoms with Crippen LogP contribution < -0.4 is 14.2 Å². The van der Waals surface area contributed by atoms with Gasteiger partial charge in [-0.05, 0) is 74.9 Å². The van der Waals surface area contributed by atoms with Crippen LogP contribution in [-0.2, 0) is 6.42 Å². The molecule has 0 aliphatic carbocycles. The summed E-state index contributed by atoms with van der Waals surface area (Å²) in [6, 6.07) is 24.5.